The van der Waals surface area contributed by atoms with Crippen molar-refractivity contribution in [1.82, 2.24) is 14.7 Å². The number of nitrogens with zero attached hydrogens (tertiary/aromatic N) is 4. The average molecular weight is 733 g/mol. The van der Waals surface area contributed by atoms with Crippen molar-refractivity contribution >= 4 is 23.5 Å². The van der Waals surface area contributed by atoms with Gasteiger partial charge in [-0.25, -0.2) is 4.39 Å². The molecular weight excluding hydrogens is 684 g/mol. The zero-order valence-electron chi connectivity index (χ0n) is 29.7. The SMILES string of the molecule is COC[C@H]1CN(C(=O)[C@]2(F)CN(CC(=O)N3CCCCC3)C[C@H]2c2ccc(OC)cc2)C[C@@H]1c1ccc(C(F)(F)F)cc1N1CCC(C(=O)O)CC1. The van der Waals surface area contributed by atoms with Gasteiger partial charge in [-0.05, 0) is 67.5 Å². The number of carbonyl (C=O) groups is 3. The van der Waals surface area contributed by atoms with Gasteiger partial charge in [-0.3, -0.25) is 19.3 Å². The molecule has 2 aromatic carbocycles. The van der Waals surface area contributed by atoms with E-state index in [-0.39, 0.29) is 77.1 Å². The minimum Gasteiger partial charge on any atom is -0.497 e. The predicted octanol–water partition coefficient (Wildman–Crippen LogP) is 5.02. The van der Waals surface area contributed by atoms with E-state index in [4.69, 9.17) is 9.47 Å². The van der Waals surface area contributed by atoms with Crippen molar-refractivity contribution in [3.05, 3.63) is 59.2 Å². The molecule has 4 atom stereocenters. The molecule has 0 aromatic heterocycles. The third kappa shape index (κ3) is 7.87. The Morgan fingerprint density at radius 1 is 0.904 bits per heavy atom. The molecule has 14 heteroatoms. The minimum absolute atomic E-state index is 0.00594. The maximum atomic E-state index is 17.7. The molecule has 4 aliphatic heterocycles. The largest absolute Gasteiger partial charge is 0.497 e. The molecule has 0 aliphatic carbocycles. The van der Waals surface area contributed by atoms with E-state index in [0.29, 0.717) is 35.7 Å². The molecule has 0 unspecified atom stereocenters. The molecule has 2 amide bonds. The number of anilines is 1. The lowest BCUT2D eigenvalue weighted by Gasteiger charge is -2.35. The number of carboxylic acids is 1. The number of amides is 2. The van der Waals surface area contributed by atoms with E-state index in [1.165, 1.54) is 25.2 Å². The number of benzene rings is 2. The van der Waals surface area contributed by atoms with Gasteiger partial charge in [-0.2, -0.15) is 13.2 Å². The van der Waals surface area contributed by atoms with Crippen LogP contribution in [0.2, 0.25) is 0 Å². The molecule has 2 aromatic rings. The zero-order chi connectivity index (χ0) is 37.2. The lowest BCUT2D eigenvalue weighted by molar-refractivity contribution is -0.144. The number of piperidine rings is 2. The summed E-state index contributed by atoms with van der Waals surface area (Å²) >= 11 is 0. The number of alkyl halides is 4. The molecule has 284 valence electrons. The third-order valence-corrected chi connectivity index (χ3v) is 11.4. The number of likely N-dealkylation sites (tertiary alicyclic amines) is 3. The monoisotopic (exact) mass is 732 g/mol. The summed E-state index contributed by atoms with van der Waals surface area (Å²) in [5.41, 5.74) is -1.68. The minimum atomic E-state index is -4.60. The average Bonchev–Trinajstić information content (AvgIpc) is 3.72. The maximum absolute atomic E-state index is 17.7. The number of rotatable bonds is 10. The second-order valence-corrected chi connectivity index (χ2v) is 14.7. The van der Waals surface area contributed by atoms with Crippen molar-refractivity contribution < 1.29 is 46.5 Å². The normalized spacial score (nSPS) is 26.2. The molecule has 0 bridgehead atoms. The van der Waals surface area contributed by atoms with Crippen LogP contribution in [-0.2, 0) is 25.3 Å². The van der Waals surface area contributed by atoms with E-state index >= 15 is 4.39 Å². The van der Waals surface area contributed by atoms with E-state index in [0.717, 1.165) is 31.4 Å². The van der Waals surface area contributed by atoms with E-state index in [1.807, 2.05) is 0 Å². The van der Waals surface area contributed by atoms with Gasteiger partial charge in [0, 0.05) is 82.9 Å². The Bertz CT molecular complexity index is 1590. The summed E-state index contributed by atoms with van der Waals surface area (Å²) in [5.74, 6) is -3.43. The molecule has 6 rings (SSSR count). The van der Waals surface area contributed by atoms with Gasteiger partial charge < -0.3 is 29.3 Å². The number of carbonyl (C=O) groups excluding carboxylic acids is 2. The molecule has 10 nitrogen and oxygen atoms in total. The first-order chi connectivity index (χ1) is 24.8. The summed E-state index contributed by atoms with van der Waals surface area (Å²) in [6.45, 7) is 2.10. The number of methoxy groups -OCH3 is 2. The summed E-state index contributed by atoms with van der Waals surface area (Å²) < 4.78 is 70.5. The smallest absolute Gasteiger partial charge is 0.416 e. The Morgan fingerprint density at radius 2 is 1.60 bits per heavy atom. The van der Waals surface area contributed by atoms with Crippen molar-refractivity contribution in [2.75, 3.05) is 84.6 Å². The molecule has 4 saturated heterocycles. The van der Waals surface area contributed by atoms with E-state index in [9.17, 15) is 32.7 Å². The molecule has 1 N–H and O–H groups in total. The molecule has 4 heterocycles. The molecule has 0 spiro atoms. The van der Waals surface area contributed by atoms with E-state index in [2.05, 4.69) is 0 Å². The van der Waals surface area contributed by atoms with Crippen LogP contribution < -0.4 is 9.64 Å². The van der Waals surface area contributed by atoms with Crippen molar-refractivity contribution in [2.24, 2.45) is 11.8 Å². The highest BCUT2D eigenvalue weighted by Gasteiger charge is 2.57. The van der Waals surface area contributed by atoms with Gasteiger partial charge in [0.1, 0.15) is 5.75 Å². The highest BCUT2D eigenvalue weighted by molar-refractivity contribution is 5.88. The van der Waals surface area contributed by atoms with Crippen LogP contribution in [0.25, 0.3) is 0 Å². The summed E-state index contributed by atoms with van der Waals surface area (Å²) in [6, 6.07) is 10.5. The molecule has 0 saturated carbocycles. The quantitative estimate of drug-likeness (QED) is 0.340. The van der Waals surface area contributed by atoms with Crippen LogP contribution in [0.15, 0.2) is 42.5 Å². The van der Waals surface area contributed by atoms with Crippen molar-refractivity contribution in [3.63, 3.8) is 0 Å². The van der Waals surface area contributed by atoms with E-state index < -0.39 is 47.0 Å². The van der Waals surface area contributed by atoms with E-state index in [1.54, 1.807) is 39.0 Å². The van der Waals surface area contributed by atoms with Gasteiger partial charge in [0.2, 0.25) is 11.6 Å². The number of halogens is 4. The van der Waals surface area contributed by atoms with Crippen molar-refractivity contribution in [2.45, 2.75) is 55.8 Å². The Morgan fingerprint density at radius 3 is 2.21 bits per heavy atom. The van der Waals surface area contributed by atoms with Gasteiger partial charge in [0.25, 0.3) is 5.91 Å². The molecule has 52 heavy (non-hydrogen) atoms. The fraction of sp³-hybridized carbons (Fsp3) is 0.605. The van der Waals surface area contributed by atoms with Crippen LogP contribution >= 0.6 is 0 Å². The lowest BCUT2D eigenvalue weighted by atomic mass is 9.85. The van der Waals surface area contributed by atoms with Gasteiger partial charge in [-0.1, -0.05) is 18.2 Å². The van der Waals surface area contributed by atoms with Crippen molar-refractivity contribution in [1.29, 1.82) is 0 Å². The topological polar surface area (TPSA) is 103 Å². The second kappa shape index (κ2) is 15.6. The van der Waals surface area contributed by atoms with Gasteiger partial charge in [0.15, 0.2) is 0 Å². The summed E-state index contributed by atoms with van der Waals surface area (Å²) in [4.78, 5) is 46.2. The van der Waals surface area contributed by atoms with Gasteiger partial charge >= 0.3 is 12.1 Å². The number of carboxylic acid groups (broad SMARTS) is 1. The molecule has 4 fully saturated rings. The van der Waals surface area contributed by atoms with Crippen LogP contribution in [-0.4, -0.2) is 123 Å². The number of ether oxygens (including phenoxy) is 2. The Balaban J connectivity index is 1.29. The second-order valence-electron chi connectivity index (χ2n) is 14.7. The van der Waals surface area contributed by atoms with Gasteiger partial charge in [-0.15, -0.1) is 0 Å². The van der Waals surface area contributed by atoms with Crippen LogP contribution in [0.1, 0.15) is 60.6 Å². The first-order valence-corrected chi connectivity index (χ1v) is 18.1. The fourth-order valence-corrected chi connectivity index (χ4v) is 8.59. The first kappa shape index (κ1) is 37.8. The summed E-state index contributed by atoms with van der Waals surface area (Å²) in [5, 5.41) is 9.52. The first-order valence-electron chi connectivity index (χ1n) is 18.1. The van der Waals surface area contributed by atoms with Crippen molar-refractivity contribution in [3.8, 4) is 5.75 Å². The standard InChI is InChI=1S/C38H48F4N4O6/c1-51-23-27-19-46(20-31(27)30-11-8-28(38(40,41)42)18-33(30)44-16-12-26(13-17-44)35(48)49)36(50)37(39)24-43(22-34(47)45-14-4-3-5-15-45)21-32(37)25-6-9-29(52-2)10-7-25/h6-11,18,26-27,31-32H,3-5,12-17,19-24H2,1-2H3,(H,48,49)/t27-,31+,32+,37+/m1/s1. The van der Waals surface area contributed by atoms with Gasteiger partial charge in [0.05, 0.1) is 31.7 Å². The predicted molar refractivity (Wildman–Crippen MR) is 185 cm³/mol. The molecule has 4 aliphatic rings. The summed E-state index contributed by atoms with van der Waals surface area (Å²) in [6.07, 6.45) is -1.12. The van der Waals surface area contributed by atoms with Crippen LogP contribution in [0.3, 0.4) is 0 Å². The number of hydrogen-bond donors (Lipinski definition) is 1. The zero-order valence-corrected chi connectivity index (χ0v) is 29.7. The Kier molecular flexibility index (Phi) is 11.3. The summed E-state index contributed by atoms with van der Waals surface area (Å²) in [7, 11) is 3.04. The van der Waals surface area contributed by atoms with Crippen LogP contribution in [0, 0.1) is 11.8 Å². The Hall–Kier alpha value is -3.91. The molecule has 0 radical (unpaired) electrons. The lowest BCUT2D eigenvalue weighted by Crippen LogP contribution is -2.50. The Labute approximate surface area is 301 Å². The third-order valence-electron chi connectivity index (χ3n) is 11.4. The number of aliphatic carboxylic acids is 1. The highest BCUT2D eigenvalue weighted by atomic mass is 19.4. The fourth-order valence-electron chi connectivity index (χ4n) is 8.59. The number of hydrogen-bond acceptors (Lipinski definition) is 7. The molecular formula is C38H48F4N4O6. The van der Waals surface area contributed by atoms with Crippen LogP contribution in [0.4, 0.5) is 23.2 Å². The maximum Gasteiger partial charge on any atom is 0.416 e. The highest BCUT2D eigenvalue weighted by Crippen LogP contribution is 2.46. The van der Waals surface area contributed by atoms with Crippen LogP contribution in [0.5, 0.6) is 5.75 Å².